The van der Waals surface area contributed by atoms with Crippen LogP contribution in [0.15, 0.2) is 53.2 Å². The summed E-state index contributed by atoms with van der Waals surface area (Å²) in [5.41, 5.74) is 1.03. The number of nitrogens with one attached hydrogen (secondary N) is 1. The predicted molar refractivity (Wildman–Crippen MR) is 98.3 cm³/mol. The molecule has 0 saturated heterocycles. The van der Waals surface area contributed by atoms with E-state index in [-0.39, 0.29) is 22.1 Å². The summed E-state index contributed by atoms with van der Waals surface area (Å²) in [6.07, 6.45) is 0. The number of hydrogen-bond acceptors (Lipinski definition) is 5. The molecule has 3 rings (SSSR count). The van der Waals surface area contributed by atoms with E-state index in [1.807, 2.05) is 6.92 Å². The zero-order chi connectivity index (χ0) is 19.0. The monoisotopic (exact) mass is 391 g/mol. The van der Waals surface area contributed by atoms with Crippen molar-refractivity contribution >= 4 is 52.1 Å². The van der Waals surface area contributed by atoms with Crippen LogP contribution in [-0.2, 0) is 9.59 Å². The van der Waals surface area contributed by atoms with E-state index in [0.29, 0.717) is 10.7 Å². The number of hydrogen-bond donors (Lipinski definition) is 1. The molecular weight excluding hydrogens is 381 g/mol. The van der Waals surface area contributed by atoms with E-state index in [4.69, 9.17) is 23.2 Å². The quantitative estimate of drug-likeness (QED) is 0.483. The van der Waals surface area contributed by atoms with Crippen LogP contribution < -0.4 is 10.2 Å². The van der Waals surface area contributed by atoms with E-state index < -0.39 is 16.7 Å². The number of carbonyl (C=O) groups is 2. The fourth-order valence-corrected chi connectivity index (χ4v) is 2.80. The second kappa shape index (κ2) is 6.78. The smallest absolute Gasteiger partial charge is 0.283 e. The van der Waals surface area contributed by atoms with E-state index in [9.17, 15) is 19.7 Å². The molecule has 132 valence electrons. The minimum atomic E-state index is -0.766. The van der Waals surface area contributed by atoms with Gasteiger partial charge in [0.05, 0.1) is 10.6 Å². The molecule has 1 heterocycles. The van der Waals surface area contributed by atoms with Crippen molar-refractivity contribution in [2.75, 3.05) is 10.2 Å². The van der Waals surface area contributed by atoms with Crippen LogP contribution in [0.25, 0.3) is 0 Å². The minimum Gasteiger partial charge on any atom is -0.350 e. The van der Waals surface area contributed by atoms with Crippen LogP contribution >= 0.6 is 23.2 Å². The Morgan fingerprint density at radius 1 is 1.08 bits per heavy atom. The molecule has 0 saturated carbocycles. The summed E-state index contributed by atoms with van der Waals surface area (Å²) in [7, 11) is 0. The number of rotatable bonds is 4. The maximum absolute atomic E-state index is 12.7. The molecule has 26 heavy (non-hydrogen) atoms. The summed E-state index contributed by atoms with van der Waals surface area (Å²) in [6.45, 7) is 1.83. The largest absolute Gasteiger partial charge is 0.350 e. The van der Waals surface area contributed by atoms with Crippen molar-refractivity contribution < 1.29 is 14.5 Å². The Bertz CT molecular complexity index is 988. The molecule has 9 heteroatoms. The highest BCUT2D eigenvalue weighted by molar-refractivity contribution is 6.53. The van der Waals surface area contributed by atoms with Gasteiger partial charge >= 0.3 is 0 Å². The summed E-state index contributed by atoms with van der Waals surface area (Å²) in [4.78, 5) is 36.1. The molecule has 1 aliphatic heterocycles. The third-order valence-corrected chi connectivity index (χ3v) is 4.53. The number of anilines is 2. The third kappa shape index (κ3) is 3.14. The lowest BCUT2D eigenvalue weighted by atomic mass is 10.2. The van der Waals surface area contributed by atoms with E-state index in [1.54, 1.807) is 18.2 Å². The molecule has 0 radical (unpaired) electrons. The molecule has 0 atom stereocenters. The van der Waals surface area contributed by atoms with Gasteiger partial charge in [-0.2, -0.15) is 0 Å². The van der Waals surface area contributed by atoms with Crippen LogP contribution in [0.5, 0.6) is 0 Å². The molecule has 0 spiro atoms. The number of halogens is 2. The maximum Gasteiger partial charge on any atom is 0.283 e. The SMILES string of the molecule is Cc1ccc(NC2=C(Cl)C(=O)N(c3cccc([N+](=O)[O-])c3)C2=O)cc1Cl. The molecule has 1 aliphatic rings. The van der Waals surface area contributed by atoms with Crippen molar-refractivity contribution in [2.45, 2.75) is 6.92 Å². The maximum atomic E-state index is 12.7. The molecule has 0 aliphatic carbocycles. The van der Waals surface area contributed by atoms with Crippen molar-refractivity contribution in [1.82, 2.24) is 0 Å². The lowest BCUT2D eigenvalue weighted by Gasteiger charge is -2.15. The number of nitro groups is 1. The lowest BCUT2D eigenvalue weighted by Crippen LogP contribution is -2.32. The molecule has 1 N–H and O–H groups in total. The minimum absolute atomic E-state index is 0.0612. The highest BCUT2D eigenvalue weighted by Gasteiger charge is 2.39. The molecule has 0 unspecified atom stereocenters. The Labute approximate surface area is 158 Å². The van der Waals surface area contributed by atoms with Gasteiger partial charge in [-0.1, -0.05) is 35.3 Å². The average Bonchev–Trinajstić information content (AvgIpc) is 2.81. The van der Waals surface area contributed by atoms with Crippen LogP contribution in [0.3, 0.4) is 0 Å². The second-order valence-corrected chi connectivity index (χ2v) is 6.29. The summed E-state index contributed by atoms with van der Waals surface area (Å²) in [6, 6.07) is 10.2. The van der Waals surface area contributed by atoms with Gasteiger partial charge < -0.3 is 5.32 Å². The van der Waals surface area contributed by atoms with Gasteiger partial charge in [-0.3, -0.25) is 19.7 Å². The molecule has 0 fully saturated rings. The number of nitrogens with zero attached hydrogens (tertiary/aromatic N) is 2. The number of amides is 2. The number of benzene rings is 2. The molecule has 0 aromatic heterocycles. The molecular formula is C17H11Cl2N3O4. The Kier molecular flexibility index (Phi) is 4.67. The highest BCUT2D eigenvalue weighted by Crippen LogP contribution is 2.32. The average molecular weight is 392 g/mol. The Hall–Kier alpha value is -2.90. The van der Waals surface area contributed by atoms with Gasteiger partial charge in [0, 0.05) is 22.8 Å². The van der Waals surface area contributed by atoms with E-state index >= 15 is 0 Å². The van der Waals surface area contributed by atoms with Crippen LogP contribution in [0.2, 0.25) is 5.02 Å². The Morgan fingerprint density at radius 2 is 1.81 bits per heavy atom. The van der Waals surface area contributed by atoms with Crippen molar-refractivity contribution in [3.63, 3.8) is 0 Å². The fraction of sp³-hybridized carbons (Fsp3) is 0.0588. The van der Waals surface area contributed by atoms with Gasteiger partial charge in [-0.25, -0.2) is 4.90 Å². The van der Waals surface area contributed by atoms with E-state index in [1.165, 1.54) is 18.2 Å². The summed E-state index contributed by atoms with van der Waals surface area (Å²) < 4.78 is 0. The van der Waals surface area contributed by atoms with Gasteiger partial charge in [0.2, 0.25) is 0 Å². The third-order valence-electron chi connectivity index (χ3n) is 3.77. The lowest BCUT2D eigenvalue weighted by molar-refractivity contribution is -0.384. The first-order valence-corrected chi connectivity index (χ1v) is 8.11. The number of aryl methyl sites for hydroxylation is 1. The van der Waals surface area contributed by atoms with Crippen LogP contribution in [-0.4, -0.2) is 16.7 Å². The molecule has 2 aromatic carbocycles. The number of non-ortho nitro benzene ring substituents is 1. The zero-order valence-electron chi connectivity index (χ0n) is 13.3. The summed E-state index contributed by atoms with van der Waals surface area (Å²) >= 11 is 12.1. The molecule has 0 bridgehead atoms. The Balaban J connectivity index is 1.93. The van der Waals surface area contributed by atoms with Gasteiger partial charge in [-0.15, -0.1) is 0 Å². The standard InChI is InChI=1S/C17H11Cl2N3O4/c1-9-5-6-10(7-13(9)18)20-15-14(19)16(23)21(17(15)24)11-3-2-4-12(8-11)22(25)26/h2-8,20H,1H3. The topological polar surface area (TPSA) is 92.6 Å². The van der Waals surface area contributed by atoms with Gasteiger partial charge in [-0.05, 0) is 30.7 Å². The second-order valence-electron chi connectivity index (χ2n) is 5.50. The van der Waals surface area contributed by atoms with E-state index in [2.05, 4.69) is 5.32 Å². The normalized spacial score (nSPS) is 14.2. The number of nitro benzene ring substituents is 1. The highest BCUT2D eigenvalue weighted by atomic mass is 35.5. The first-order chi connectivity index (χ1) is 12.3. The molecule has 7 nitrogen and oxygen atoms in total. The van der Waals surface area contributed by atoms with Crippen LogP contribution in [0.4, 0.5) is 17.1 Å². The predicted octanol–water partition coefficient (Wildman–Crippen LogP) is 3.99. The summed E-state index contributed by atoms with van der Waals surface area (Å²) in [5, 5.41) is 13.9. The van der Waals surface area contributed by atoms with Gasteiger partial charge in [0.25, 0.3) is 17.5 Å². The van der Waals surface area contributed by atoms with Gasteiger partial charge in [0.15, 0.2) is 0 Å². The van der Waals surface area contributed by atoms with Gasteiger partial charge in [0.1, 0.15) is 10.7 Å². The van der Waals surface area contributed by atoms with Crippen molar-refractivity contribution in [3.8, 4) is 0 Å². The van der Waals surface area contributed by atoms with Crippen LogP contribution in [0.1, 0.15) is 5.56 Å². The first kappa shape index (κ1) is 17.9. The zero-order valence-corrected chi connectivity index (χ0v) is 14.8. The first-order valence-electron chi connectivity index (χ1n) is 7.36. The Morgan fingerprint density at radius 3 is 2.46 bits per heavy atom. The number of carbonyl (C=O) groups excluding carboxylic acids is 2. The van der Waals surface area contributed by atoms with E-state index in [0.717, 1.165) is 16.5 Å². The fourth-order valence-electron chi connectivity index (χ4n) is 2.41. The molecule has 2 aromatic rings. The number of imide groups is 1. The van der Waals surface area contributed by atoms with Crippen molar-refractivity contribution in [3.05, 3.63) is 73.9 Å². The summed E-state index contributed by atoms with van der Waals surface area (Å²) in [5.74, 6) is -1.48. The van der Waals surface area contributed by atoms with Crippen molar-refractivity contribution in [2.24, 2.45) is 0 Å². The van der Waals surface area contributed by atoms with Crippen LogP contribution in [0, 0.1) is 17.0 Å². The van der Waals surface area contributed by atoms with Crippen molar-refractivity contribution in [1.29, 1.82) is 0 Å². The molecule has 2 amide bonds.